The largest absolute Gasteiger partial charge is 0.357 e. The third kappa shape index (κ3) is 5.86. The molecule has 154 valence electrons. The number of hydrogen-bond donors (Lipinski definition) is 3. The van der Waals surface area contributed by atoms with Gasteiger partial charge in [-0.25, -0.2) is 4.79 Å². The van der Waals surface area contributed by atoms with Crippen LogP contribution in [0.2, 0.25) is 5.02 Å². The summed E-state index contributed by atoms with van der Waals surface area (Å²) in [6.07, 6.45) is 2.06. The van der Waals surface area contributed by atoms with Gasteiger partial charge in [-0.3, -0.25) is 14.7 Å². The van der Waals surface area contributed by atoms with Crippen molar-refractivity contribution in [2.24, 2.45) is 4.99 Å². The standard InChI is InChI=1S/C20H30ClN5O2/c1-4-20(3)17(27)26(19(28)25-20)14-6-12-23-18(22-5-2)24-13-11-15-7-9-16(21)10-8-15/h7-10H,4-6,11-14H2,1-3H3,(H,25,28)(H2,22,23,24). The van der Waals surface area contributed by atoms with Gasteiger partial charge in [-0.2, -0.15) is 0 Å². The van der Waals surface area contributed by atoms with Crippen LogP contribution in [0.5, 0.6) is 0 Å². The lowest BCUT2D eigenvalue weighted by Crippen LogP contribution is -2.43. The summed E-state index contributed by atoms with van der Waals surface area (Å²) in [4.78, 5) is 30.2. The van der Waals surface area contributed by atoms with Gasteiger partial charge < -0.3 is 16.0 Å². The summed E-state index contributed by atoms with van der Waals surface area (Å²) in [6, 6.07) is 7.48. The summed E-state index contributed by atoms with van der Waals surface area (Å²) < 4.78 is 0. The first-order valence-electron chi connectivity index (χ1n) is 9.80. The number of rotatable bonds is 9. The van der Waals surface area contributed by atoms with E-state index in [0.29, 0.717) is 25.9 Å². The highest BCUT2D eigenvalue weighted by Gasteiger charge is 2.45. The number of amides is 3. The third-order valence-corrected chi connectivity index (χ3v) is 5.08. The fourth-order valence-corrected chi connectivity index (χ4v) is 3.05. The van der Waals surface area contributed by atoms with Crippen molar-refractivity contribution in [1.82, 2.24) is 20.9 Å². The molecule has 2 rings (SSSR count). The maximum Gasteiger partial charge on any atom is 0.325 e. The van der Waals surface area contributed by atoms with Crippen LogP contribution in [0.15, 0.2) is 29.3 Å². The lowest BCUT2D eigenvalue weighted by atomic mass is 9.99. The number of nitrogens with one attached hydrogen (secondary N) is 3. The molecule has 0 aromatic heterocycles. The number of aliphatic imine (C=N–C) groups is 1. The average Bonchev–Trinajstić information content (AvgIpc) is 2.89. The Hall–Kier alpha value is -2.28. The summed E-state index contributed by atoms with van der Waals surface area (Å²) in [5.41, 5.74) is 0.420. The van der Waals surface area contributed by atoms with Crippen LogP contribution in [0.1, 0.15) is 39.2 Å². The lowest BCUT2D eigenvalue weighted by Gasteiger charge is -2.19. The van der Waals surface area contributed by atoms with Crippen LogP contribution in [0.25, 0.3) is 0 Å². The van der Waals surface area contributed by atoms with Gasteiger partial charge in [-0.15, -0.1) is 0 Å². The lowest BCUT2D eigenvalue weighted by molar-refractivity contribution is -0.130. The number of nitrogens with zero attached hydrogens (tertiary/aromatic N) is 2. The van der Waals surface area contributed by atoms with E-state index in [2.05, 4.69) is 20.9 Å². The summed E-state index contributed by atoms with van der Waals surface area (Å²) in [5.74, 6) is 0.573. The smallest absolute Gasteiger partial charge is 0.325 e. The molecule has 0 radical (unpaired) electrons. The Kier molecular flexibility index (Phi) is 8.11. The number of carbonyl (C=O) groups is 2. The second-order valence-electron chi connectivity index (χ2n) is 6.99. The van der Waals surface area contributed by atoms with Gasteiger partial charge in [0, 0.05) is 31.2 Å². The molecule has 3 amide bonds. The minimum absolute atomic E-state index is 0.156. The highest BCUT2D eigenvalue weighted by atomic mass is 35.5. The fourth-order valence-electron chi connectivity index (χ4n) is 2.93. The number of carbonyl (C=O) groups excluding carboxylic acids is 2. The van der Waals surface area contributed by atoms with E-state index in [-0.39, 0.29) is 11.9 Å². The van der Waals surface area contributed by atoms with Crippen molar-refractivity contribution in [3.63, 3.8) is 0 Å². The maximum atomic E-state index is 12.4. The summed E-state index contributed by atoms with van der Waals surface area (Å²) in [7, 11) is 0. The second-order valence-corrected chi connectivity index (χ2v) is 7.43. The first-order valence-corrected chi connectivity index (χ1v) is 10.2. The van der Waals surface area contributed by atoms with Crippen molar-refractivity contribution in [3.8, 4) is 0 Å². The zero-order valence-electron chi connectivity index (χ0n) is 16.8. The molecule has 7 nitrogen and oxygen atoms in total. The van der Waals surface area contributed by atoms with Gasteiger partial charge in [0.2, 0.25) is 0 Å². The molecule has 1 unspecified atom stereocenters. The van der Waals surface area contributed by atoms with Gasteiger partial charge in [0.05, 0.1) is 0 Å². The van der Waals surface area contributed by atoms with Crippen LogP contribution in [0, 0.1) is 0 Å². The highest BCUT2D eigenvalue weighted by molar-refractivity contribution is 6.30. The molecule has 1 aliphatic heterocycles. The van der Waals surface area contributed by atoms with Gasteiger partial charge in [-0.1, -0.05) is 30.7 Å². The molecule has 1 aromatic carbocycles. The first kappa shape index (κ1) is 22.0. The minimum Gasteiger partial charge on any atom is -0.357 e. The van der Waals surface area contributed by atoms with E-state index in [0.717, 1.165) is 30.5 Å². The Morgan fingerprint density at radius 2 is 1.93 bits per heavy atom. The molecule has 1 atom stereocenters. The van der Waals surface area contributed by atoms with Crippen molar-refractivity contribution in [3.05, 3.63) is 34.9 Å². The Balaban J connectivity index is 1.78. The van der Waals surface area contributed by atoms with E-state index in [1.54, 1.807) is 6.92 Å². The molecule has 1 saturated heterocycles. The van der Waals surface area contributed by atoms with Crippen LogP contribution >= 0.6 is 11.6 Å². The Bertz CT molecular complexity index is 707. The van der Waals surface area contributed by atoms with Crippen LogP contribution in [-0.4, -0.2) is 54.5 Å². The number of guanidine groups is 1. The van der Waals surface area contributed by atoms with E-state index in [4.69, 9.17) is 11.6 Å². The van der Waals surface area contributed by atoms with Crippen LogP contribution in [0.3, 0.4) is 0 Å². The summed E-state index contributed by atoms with van der Waals surface area (Å²) in [5, 5.41) is 10.0. The maximum absolute atomic E-state index is 12.4. The molecule has 1 aliphatic rings. The number of halogens is 1. The van der Waals surface area contributed by atoms with Crippen LogP contribution in [-0.2, 0) is 11.2 Å². The second kappa shape index (κ2) is 10.3. The predicted molar refractivity (Wildman–Crippen MR) is 113 cm³/mol. The summed E-state index contributed by atoms with van der Waals surface area (Å²) >= 11 is 5.90. The van der Waals surface area contributed by atoms with Crippen molar-refractivity contribution in [1.29, 1.82) is 0 Å². The quantitative estimate of drug-likeness (QED) is 0.254. The average molecular weight is 408 g/mol. The third-order valence-electron chi connectivity index (χ3n) is 4.83. The number of hydrogen-bond acceptors (Lipinski definition) is 3. The Labute approximate surface area is 171 Å². The number of urea groups is 1. The first-order chi connectivity index (χ1) is 13.4. The zero-order chi connectivity index (χ0) is 20.6. The molecule has 0 saturated carbocycles. The van der Waals surface area contributed by atoms with Crippen molar-refractivity contribution in [2.45, 2.75) is 45.6 Å². The summed E-state index contributed by atoms with van der Waals surface area (Å²) in [6.45, 7) is 8.06. The van der Waals surface area contributed by atoms with Crippen LogP contribution in [0.4, 0.5) is 4.79 Å². The van der Waals surface area contributed by atoms with E-state index < -0.39 is 5.54 Å². The molecule has 0 spiro atoms. The molecule has 1 fully saturated rings. The number of benzene rings is 1. The topological polar surface area (TPSA) is 85.8 Å². The van der Waals surface area contributed by atoms with Crippen molar-refractivity contribution < 1.29 is 9.59 Å². The normalized spacial score (nSPS) is 19.7. The van der Waals surface area contributed by atoms with Gasteiger partial charge in [0.15, 0.2) is 5.96 Å². The molecule has 3 N–H and O–H groups in total. The van der Waals surface area contributed by atoms with Gasteiger partial charge in [-0.05, 0) is 50.8 Å². The van der Waals surface area contributed by atoms with E-state index >= 15 is 0 Å². The molecule has 0 aliphatic carbocycles. The Morgan fingerprint density at radius 3 is 2.54 bits per heavy atom. The fraction of sp³-hybridized carbons (Fsp3) is 0.550. The Morgan fingerprint density at radius 1 is 1.21 bits per heavy atom. The van der Waals surface area contributed by atoms with Crippen LogP contribution < -0.4 is 16.0 Å². The monoisotopic (exact) mass is 407 g/mol. The molecule has 0 bridgehead atoms. The highest BCUT2D eigenvalue weighted by Crippen LogP contribution is 2.20. The predicted octanol–water partition coefficient (Wildman–Crippen LogP) is 2.55. The molecular weight excluding hydrogens is 378 g/mol. The number of imide groups is 1. The van der Waals surface area contributed by atoms with Gasteiger partial charge in [0.25, 0.3) is 5.91 Å². The van der Waals surface area contributed by atoms with Gasteiger partial charge >= 0.3 is 6.03 Å². The van der Waals surface area contributed by atoms with E-state index in [9.17, 15) is 9.59 Å². The van der Waals surface area contributed by atoms with Crippen molar-refractivity contribution in [2.75, 3.05) is 26.2 Å². The molecular formula is C20H30ClN5O2. The molecule has 1 heterocycles. The van der Waals surface area contributed by atoms with E-state index in [1.807, 2.05) is 38.1 Å². The molecule has 28 heavy (non-hydrogen) atoms. The SMILES string of the molecule is CCNC(=NCCCN1C(=O)NC(C)(CC)C1=O)NCCc1ccc(Cl)cc1. The molecule has 8 heteroatoms. The molecule has 1 aromatic rings. The minimum atomic E-state index is -0.779. The van der Waals surface area contributed by atoms with Gasteiger partial charge in [0.1, 0.15) is 5.54 Å². The van der Waals surface area contributed by atoms with E-state index in [1.165, 1.54) is 10.5 Å². The zero-order valence-corrected chi connectivity index (χ0v) is 17.6. The van der Waals surface area contributed by atoms with Crippen molar-refractivity contribution >= 4 is 29.5 Å².